The van der Waals surface area contributed by atoms with E-state index in [1.807, 2.05) is 4.90 Å². The molecule has 0 radical (unpaired) electrons. The van der Waals surface area contributed by atoms with Crippen LogP contribution in [0.3, 0.4) is 0 Å². The van der Waals surface area contributed by atoms with E-state index in [0.29, 0.717) is 18.8 Å². The van der Waals surface area contributed by atoms with Gasteiger partial charge in [0.2, 0.25) is 5.91 Å². The number of carbonyl (C=O) groups excluding carboxylic acids is 1. The number of carbonyl (C=O) groups is 1. The molecule has 0 spiro atoms. The van der Waals surface area contributed by atoms with Crippen LogP contribution in [0.15, 0.2) is 11.6 Å². The van der Waals surface area contributed by atoms with Crippen LogP contribution in [0.25, 0.3) is 0 Å². The second-order valence-electron chi connectivity index (χ2n) is 3.36. The van der Waals surface area contributed by atoms with Gasteiger partial charge in [0.15, 0.2) is 0 Å². The van der Waals surface area contributed by atoms with Crippen LogP contribution < -0.4 is 0 Å². The summed E-state index contributed by atoms with van der Waals surface area (Å²) >= 11 is 4.05. The highest BCUT2D eigenvalue weighted by Gasteiger charge is 2.15. The van der Waals surface area contributed by atoms with Gasteiger partial charge in [0.1, 0.15) is 0 Å². The van der Waals surface area contributed by atoms with E-state index in [9.17, 15) is 4.79 Å². The van der Waals surface area contributed by atoms with E-state index in [1.54, 1.807) is 7.11 Å². The number of thiol groups is 1. The van der Waals surface area contributed by atoms with Crippen LogP contribution in [0.5, 0.6) is 0 Å². The van der Waals surface area contributed by atoms with Gasteiger partial charge in [0, 0.05) is 26.6 Å². The number of amides is 1. The number of hydrogen-bond acceptors (Lipinski definition) is 3. The average Bonchev–Trinajstić information content (AvgIpc) is 2.20. The van der Waals surface area contributed by atoms with Crippen LogP contribution in [-0.2, 0) is 9.53 Å². The van der Waals surface area contributed by atoms with Gasteiger partial charge in [-0.2, -0.15) is 12.6 Å². The molecule has 0 unspecified atom stereocenters. The number of nitrogens with zero attached hydrogens (tertiary/aromatic N) is 1. The van der Waals surface area contributed by atoms with E-state index in [2.05, 4.69) is 18.7 Å². The van der Waals surface area contributed by atoms with Gasteiger partial charge in [0.25, 0.3) is 0 Å². The van der Waals surface area contributed by atoms with E-state index >= 15 is 0 Å². The fourth-order valence-corrected chi connectivity index (χ4v) is 1.70. The van der Waals surface area contributed by atoms with Crippen molar-refractivity contribution < 1.29 is 9.53 Å². The molecule has 0 aromatic carbocycles. The van der Waals surface area contributed by atoms with Gasteiger partial charge < -0.3 is 9.64 Å². The van der Waals surface area contributed by atoms with E-state index in [0.717, 1.165) is 19.5 Å². The Morgan fingerprint density at radius 1 is 1.71 bits per heavy atom. The summed E-state index contributed by atoms with van der Waals surface area (Å²) in [5.41, 5.74) is 1.29. The Hall–Kier alpha value is -0.480. The molecule has 0 saturated heterocycles. The molecular weight excluding hydrogens is 198 g/mol. The highest BCUT2D eigenvalue weighted by Crippen LogP contribution is 2.11. The van der Waals surface area contributed by atoms with Crippen LogP contribution in [0.4, 0.5) is 0 Å². The number of rotatable bonds is 4. The van der Waals surface area contributed by atoms with Crippen LogP contribution in [-0.4, -0.2) is 43.4 Å². The summed E-state index contributed by atoms with van der Waals surface area (Å²) in [6, 6.07) is 0. The SMILES string of the molecule is COCC1=CCN(C(=O)CCS)CC1. The zero-order valence-electron chi connectivity index (χ0n) is 8.53. The first kappa shape index (κ1) is 11.6. The molecule has 0 saturated carbocycles. The number of methoxy groups -OCH3 is 1. The van der Waals surface area contributed by atoms with Crippen molar-refractivity contribution in [1.82, 2.24) is 4.90 Å². The monoisotopic (exact) mass is 215 g/mol. The normalized spacial score (nSPS) is 16.7. The lowest BCUT2D eigenvalue weighted by Crippen LogP contribution is -2.35. The molecule has 0 fully saturated rings. The third kappa shape index (κ3) is 3.35. The van der Waals surface area contributed by atoms with Crippen molar-refractivity contribution in [2.24, 2.45) is 0 Å². The number of hydrogen-bond donors (Lipinski definition) is 1. The summed E-state index contributed by atoms with van der Waals surface area (Å²) < 4.78 is 5.04. The molecule has 0 bridgehead atoms. The Labute approximate surface area is 90.5 Å². The van der Waals surface area contributed by atoms with Crippen LogP contribution in [0, 0.1) is 0 Å². The Morgan fingerprint density at radius 2 is 2.50 bits per heavy atom. The summed E-state index contributed by atoms with van der Waals surface area (Å²) in [5, 5.41) is 0. The third-order valence-electron chi connectivity index (χ3n) is 2.31. The molecule has 0 aromatic rings. The first-order valence-electron chi connectivity index (χ1n) is 4.83. The van der Waals surface area contributed by atoms with Gasteiger partial charge in [-0.15, -0.1) is 0 Å². The molecule has 1 rings (SSSR count). The highest BCUT2D eigenvalue weighted by atomic mass is 32.1. The van der Waals surface area contributed by atoms with Gasteiger partial charge in [-0.25, -0.2) is 0 Å². The molecule has 1 heterocycles. The standard InChI is InChI=1S/C10H17NO2S/c1-13-8-9-2-5-11(6-3-9)10(12)4-7-14/h2,14H,3-8H2,1H3. The van der Waals surface area contributed by atoms with Crippen molar-refractivity contribution in [3.63, 3.8) is 0 Å². The third-order valence-corrected chi connectivity index (χ3v) is 2.53. The predicted octanol–water partition coefficient (Wildman–Crippen LogP) is 1.11. The molecule has 80 valence electrons. The van der Waals surface area contributed by atoms with Gasteiger partial charge in [-0.05, 0) is 17.7 Å². The number of ether oxygens (including phenoxy) is 1. The molecule has 4 heteroatoms. The largest absolute Gasteiger partial charge is 0.380 e. The minimum atomic E-state index is 0.202. The maximum Gasteiger partial charge on any atom is 0.223 e. The molecular formula is C10H17NO2S. The summed E-state index contributed by atoms with van der Waals surface area (Å²) in [4.78, 5) is 13.3. The van der Waals surface area contributed by atoms with Crippen LogP contribution >= 0.6 is 12.6 Å². The van der Waals surface area contributed by atoms with Crippen molar-refractivity contribution in [2.45, 2.75) is 12.8 Å². The molecule has 1 amide bonds. The van der Waals surface area contributed by atoms with E-state index < -0.39 is 0 Å². The van der Waals surface area contributed by atoms with Gasteiger partial charge in [-0.3, -0.25) is 4.79 Å². The van der Waals surface area contributed by atoms with Crippen LogP contribution in [0.2, 0.25) is 0 Å². The second-order valence-corrected chi connectivity index (χ2v) is 3.81. The summed E-state index contributed by atoms with van der Waals surface area (Å²) in [6.45, 7) is 2.24. The lowest BCUT2D eigenvalue weighted by molar-refractivity contribution is -0.130. The maximum atomic E-state index is 11.5. The quantitative estimate of drug-likeness (QED) is 0.562. The van der Waals surface area contributed by atoms with Crippen molar-refractivity contribution >= 4 is 18.5 Å². The Morgan fingerprint density at radius 3 is 3.00 bits per heavy atom. The molecule has 3 nitrogen and oxygen atoms in total. The molecule has 0 aromatic heterocycles. The molecule has 14 heavy (non-hydrogen) atoms. The fraction of sp³-hybridized carbons (Fsp3) is 0.700. The van der Waals surface area contributed by atoms with Crippen molar-refractivity contribution in [3.8, 4) is 0 Å². The minimum absolute atomic E-state index is 0.202. The molecule has 1 aliphatic heterocycles. The zero-order chi connectivity index (χ0) is 10.4. The van der Waals surface area contributed by atoms with Gasteiger partial charge >= 0.3 is 0 Å². The topological polar surface area (TPSA) is 29.5 Å². The van der Waals surface area contributed by atoms with E-state index in [1.165, 1.54) is 5.57 Å². The molecule has 0 atom stereocenters. The van der Waals surface area contributed by atoms with Crippen molar-refractivity contribution in [2.75, 3.05) is 32.6 Å². The Bertz CT molecular complexity index is 228. The maximum absolute atomic E-state index is 11.5. The molecule has 0 aliphatic carbocycles. The first-order chi connectivity index (χ1) is 6.77. The van der Waals surface area contributed by atoms with E-state index in [4.69, 9.17) is 4.74 Å². The fourth-order valence-electron chi connectivity index (χ4n) is 1.51. The highest BCUT2D eigenvalue weighted by molar-refractivity contribution is 7.80. The molecule has 0 N–H and O–H groups in total. The zero-order valence-corrected chi connectivity index (χ0v) is 9.43. The second kappa shape index (κ2) is 6.09. The van der Waals surface area contributed by atoms with Crippen molar-refractivity contribution in [3.05, 3.63) is 11.6 Å². The Balaban J connectivity index is 2.38. The first-order valence-corrected chi connectivity index (χ1v) is 5.46. The summed E-state index contributed by atoms with van der Waals surface area (Å²) in [7, 11) is 1.69. The Kier molecular flexibility index (Phi) is 5.04. The summed E-state index contributed by atoms with van der Waals surface area (Å²) in [5.74, 6) is 0.831. The lowest BCUT2D eigenvalue weighted by Gasteiger charge is -2.26. The van der Waals surface area contributed by atoms with Crippen LogP contribution in [0.1, 0.15) is 12.8 Å². The smallest absolute Gasteiger partial charge is 0.223 e. The lowest BCUT2D eigenvalue weighted by atomic mass is 10.1. The van der Waals surface area contributed by atoms with Crippen molar-refractivity contribution in [1.29, 1.82) is 0 Å². The van der Waals surface area contributed by atoms with Gasteiger partial charge in [0.05, 0.1) is 6.61 Å². The van der Waals surface area contributed by atoms with E-state index in [-0.39, 0.29) is 5.91 Å². The van der Waals surface area contributed by atoms with Gasteiger partial charge in [-0.1, -0.05) is 6.08 Å². The minimum Gasteiger partial charge on any atom is -0.380 e. The average molecular weight is 215 g/mol. The predicted molar refractivity (Wildman–Crippen MR) is 59.6 cm³/mol. The summed E-state index contributed by atoms with van der Waals surface area (Å²) in [6.07, 6.45) is 3.56. The molecule has 1 aliphatic rings.